The molecule has 2 amide bonds. The van der Waals surface area contributed by atoms with E-state index in [1.165, 1.54) is 0 Å². The van der Waals surface area contributed by atoms with E-state index in [1.807, 2.05) is 49.4 Å². The number of rotatable bonds is 14. The van der Waals surface area contributed by atoms with Crippen LogP contribution in [0.15, 0.2) is 65.7 Å². The molecule has 0 spiro atoms. The summed E-state index contributed by atoms with van der Waals surface area (Å²) in [5.74, 6) is -1.23. The number of carbonyl (C=O) groups excluding carboxylic acids is 2. The molecule has 12 nitrogen and oxygen atoms in total. The molecule has 1 aromatic carbocycles. The van der Waals surface area contributed by atoms with Crippen LogP contribution in [0, 0.1) is 26.7 Å². The van der Waals surface area contributed by atoms with E-state index in [1.54, 1.807) is 37.1 Å². The molecule has 1 unspecified atom stereocenters. The van der Waals surface area contributed by atoms with E-state index in [2.05, 4.69) is 20.3 Å². The number of allylic oxidation sites excluding steroid dienone is 4. The van der Waals surface area contributed by atoms with Gasteiger partial charge in [0.15, 0.2) is 0 Å². The summed E-state index contributed by atoms with van der Waals surface area (Å²) in [7, 11) is -4.18. The Hall–Kier alpha value is -4.07. The van der Waals surface area contributed by atoms with Crippen LogP contribution in [0.1, 0.15) is 36.0 Å². The minimum absolute atomic E-state index is 0.000966. The Labute approximate surface area is 264 Å². The zero-order chi connectivity index (χ0) is 32.6. The third-order valence-corrected chi connectivity index (χ3v) is 9.58. The number of sulfonamides is 1. The van der Waals surface area contributed by atoms with Gasteiger partial charge in [-0.2, -0.15) is 4.72 Å². The van der Waals surface area contributed by atoms with Gasteiger partial charge in [-0.25, -0.2) is 13.4 Å². The number of carboxylic acid groups (broad SMARTS) is 1. The highest BCUT2D eigenvalue weighted by atomic mass is 32.2. The molecule has 0 radical (unpaired) electrons. The molecule has 1 fully saturated rings. The normalized spacial score (nSPS) is 20.2. The summed E-state index contributed by atoms with van der Waals surface area (Å²) in [4.78, 5) is 43.9. The van der Waals surface area contributed by atoms with Gasteiger partial charge in [-0.1, -0.05) is 48.1 Å². The number of nitrogens with zero attached hydrogens (tertiary/aromatic N) is 2. The van der Waals surface area contributed by atoms with Crippen LogP contribution in [0.3, 0.4) is 0 Å². The quantitative estimate of drug-likeness (QED) is 0.243. The van der Waals surface area contributed by atoms with Crippen molar-refractivity contribution in [2.24, 2.45) is 5.92 Å². The SMILES string of the molecule is Cc1cc(C)c(S(=O)(=O)N[C@@H](CNC(=O)CO[C@@H]2C[C@@H](CNc3ccccn3)N(C(=O)CC3C=CC=CC3)C2)C(=O)O)c(C)c1. The topological polar surface area (TPSA) is 167 Å². The van der Waals surface area contributed by atoms with E-state index < -0.39 is 40.6 Å². The number of anilines is 1. The standard InChI is InChI=1S/C32H41N5O7S/c1-21-13-22(2)31(23(3)14-21)45(42,43)36-27(32(40)41)18-35-29(38)20-44-26-16-25(17-34-28-11-7-8-12-33-28)37(19-26)30(39)15-24-9-5-4-6-10-24/h4-9,11-14,24-27,36H,10,15-20H2,1-3H3,(H,33,34)(H,35,38)(H,40,41)/t24?,25-,26+,27-/m0/s1. The zero-order valence-corrected chi connectivity index (χ0v) is 26.5. The second-order valence-electron chi connectivity index (χ2n) is 11.5. The van der Waals surface area contributed by atoms with Crippen LogP contribution in [0.25, 0.3) is 0 Å². The fourth-order valence-electron chi connectivity index (χ4n) is 5.78. The predicted molar refractivity (Wildman–Crippen MR) is 169 cm³/mol. The van der Waals surface area contributed by atoms with Crippen molar-refractivity contribution in [2.75, 3.05) is 31.6 Å². The Morgan fingerprint density at radius 3 is 2.53 bits per heavy atom. The smallest absolute Gasteiger partial charge is 0.323 e. The van der Waals surface area contributed by atoms with E-state index >= 15 is 0 Å². The van der Waals surface area contributed by atoms with Crippen molar-refractivity contribution in [1.29, 1.82) is 0 Å². The molecule has 0 bridgehead atoms. The molecular formula is C32H41N5O7S. The Kier molecular flexibility index (Phi) is 11.5. The first kappa shape index (κ1) is 33.8. The number of nitrogens with one attached hydrogen (secondary N) is 3. The Balaban J connectivity index is 1.32. The summed E-state index contributed by atoms with van der Waals surface area (Å²) in [5, 5.41) is 15.4. The van der Waals surface area contributed by atoms with Gasteiger partial charge in [-0.15, -0.1) is 0 Å². The van der Waals surface area contributed by atoms with E-state index in [0.29, 0.717) is 42.9 Å². The molecular weight excluding hydrogens is 598 g/mol. The van der Waals surface area contributed by atoms with Crippen molar-refractivity contribution >= 4 is 33.6 Å². The summed E-state index contributed by atoms with van der Waals surface area (Å²) < 4.78 is 34.2. The van der Waals surface area contributed by atoms with E-state index in [-0.39, 0.29) is 29.4 Å². The van der Waals surface area contributed by atoms with E-state index in [9.17, 15) is 27.9 Å². The maximum absolute atomic E-state index is 13.3. The van der Waals surface area contributed by atoms with E-state index in [4.69, 9.17) is 4.74 Å². The second-order valence-corrected chi connectivity index (χ2v) is 13.2. The lowest BCUT2D eigenvalue weighted by Crippen LogP contribution is -2.49. The molecule has 1 saturated heterocycles. The minimum Gasteiger partial charge on any atom is -0.480 e. The molecule has 2 aromatic rings. The highest BCUT2D eigenvalue weighted by Gasteiger charge is 2.36. The first-order valence-corrected chi connectivity index (χ1v) is 16.4. The highest BCUT2D eigenvalue weighted by molar-refractivity contribution is 7.89. The third-order valence-electron chi connectivity index (χ3n) is 7.81. The van der Waals surface area contributed by atoms with Gasteiger partial charge in [0.2, 0.25) is 21.8 Å². The van der Waals surface area contributed by atoms with Gasteiger partial charge in [-0.05, 0) is 62.8 Å². The van der Waals surface area contributed by atoms with Gasteiger partial charge >= 0.3 is 5.97 Å². The Morgan fingerprint density at radius 1 is 1.13 bits per heavy atom. The molecule has 2 heterocycles. The summed E-state index contributed by atoms with van der Waals surface area (Å²) >= 11 is 0. The minimum atomic E-state index is -4.18. The third kappa shape index (κ3) is 9.46. The molecule has 242 valence electrons. The summed E-state index contributed by atoms with van der Waals surface area (Å²) in [6.07, 6.45) is 10.9. The average molecular weight is 640 g/mol. The first-order chi connectivity index (χ1) is 21.4. The number of likely N-dealkylation sites (tertiary alicyclic amines) is 1. The fourth-order valence-corrected chi connectivity index (χ4v) is 7.43. The molecule has 13 heteroatoms. The number of hydrogen-bond donors (Lipinski definition) is 4. The summed E-state index contributed by atoms with van der Waals surface area (Å²) in [5.41, 5.74) is 1.87. The predicted octanol–water partition coefficient (Wildman–Crippen LogP) is 2.48. The monoisotopic (exact) mass is 639 g/mol. The van der Waals surface area contributed by atoms with Crippen molar-refractivity contribution in [3.63, 3.8) is 0 Å². The molecule has 4 atom stereocenters. The fraction of sp³-hybridized carbons (Fsp3) is 0.438. The number of aliphatic carboxylic acids is 1. The van der Waals surface area contributed by atoms with Gasteiger partial charge in [0.1, 0.15) is 18.5 Å². The lowest BCUT2D eigenvalue weighted by Gasteiger charge is -2.26. The van der Waals surface area contributed by atoms with Crippen LogP contribution in [0.2, 0.25) is 0 Å². The first-order valence-electron chi connectivity index (χ1n) is 14.9. The van der Waals surface area contributed by atoms with Crippen LogP contribution in [0.4, 0.5) is 5.82 Å². The average Bonchev–Trinajstić information content (AvgIpc) is 3.40. The van der Waals surface area contributed by atoms with Crippen LogP contribution < -0.4 is 15.4 Å². The lowest BCUT2D eigenvalue weighted by atomic mass is 9.96. The van der Waals surface area contributed by atoms with Crippen molar-refractivity contribution in [2.45, 2.75) is 63.1 Å². The van der Waals surface area contributed by atoms with Crippen LogP contribution in [0.5, 0.6) is 0 Å². The van der Waals surface area contributed by atoms with Crippen LogP contribution in [-0.4, -0.2) is 85.6 Å². The van der Waals surface area contributed by atoms with Gasteiger partial charge in [0, 0.05) is 32.3 Å². The Bertz CT molecular complexity index is 1520. The van der Waals surface area contributed by atoms with Crippen molar-refractivity contribution in [1.82, 2.24) is 19.9 Å². The van der Waals surface area contributed by atoms with Crippen molar-refractivity contribution in [3.05, 3.63) is 77.5 Å². The molecule has 1 aliphatic heterocycles. The van der Waals surface area contributed by atoms with Gasteiger partial charge in [0.05, 0.1) is 17.0 Å². The summed E-state index contributed by atoms with van der Waals surface area (Å²) in [6.45, 7) is 5.04. The number of aromatic nitrogens is 1. The number of pyridine rings is 1. The van der Waals surface area contributed by atoms with Crippen LogP contribution in [-0.2, 0) is 29.1 Å². The number of carboxylic acids is 1. The molecule has 0 saturated carbocycles. The summed E-state index contributed by atoms with van der Waals surface area (Å²) in [6, 6.07) is 7.16. The Morgan fingerprint density at radius 2 is 1.89 bits per heavy atom. The number of aryl methyl sites for hydroxylation is 3. The number of hydrogen-bond acceptors (Lipinski definition) is 8. The van der Waals surface area contributed by atoms with Gasteiger partial charge < -0.3 is 25.4 Å². The van der Waals surface area contributed by atoms with Crippen molar-refractivity contribution in [3.8, 4) is 0 Å². The number of ether oxygens (including phenoxy) is 1. The van der Waals surface area contributed by atoms with Crippen LogP contribution >= 0.6 is 0 Å². The molecule has 4 N–H and O–H groups in total. The largest absolute Gasteiger partial charge is 0.480 e. The van der Waals surface area contributed by atoms with E-state index in [0.717, 1.165) is 12.0 Å². The molecule has 1 aromatic heterocycles. The van der Waals surface area contributed by atoms with Crippen molar-refractivity contribution < 1.29 is 32.6 Å². The van der Waals surface area contributed by atoms with Gasteiger partial charge in [0.25, 0.3) is 0 Å². The number of carbonyl (C=O) groups is 3. The number of benzene rings is 1. The second kappa shape index (κ2) is 15.3. The number of amides is 2. The molecule has 1 aliphatic carbocycles. The van der Waals surface area contributed by atoms with Gasteiger partial charge in [-0.3, -0.25) is 14.4 Å². The zero-order valence-electron chi connectivity index (χ0n) is 25.7. The molecule has 45 heavy (non-hydrogen) atoms. The lowest BCUT2D eigenvalue weighted by molar-refractivity contribution is -0.139. The molecule has 4 rings (SSSR count). The maximum Gasteiger partial charge on any atom is 0.323 e. The maximum atomic E-state index is 13.3. The highest BCUT2D eigenvalue weighted by Crippen LogP contribution is 2.25. The molecule has 2 aliphatic rings.